The molecule has 0 radical (unpaired) electrons. The van der Waals surface area contributed by atoms with Crippen LogP contribution in [-0.4, -0.2) is 19.9 Å². The number of hydrogen-bond donors (Lipinski definition) is 2. The van der Waals surface area contributed by atoms with E-state index in [1.54, 1.807) is 30.6 Å². The molecule has 1 aromatic carbocycles. The van der Waals surface area contributed by atoms with Gasteiger partial charge in [-0.3, -0.25) is 4.98 Å². The van der Waals surface area contributed by atoms with Crippen molar-refractivity contribution in [2.24, 2.45) is 0 Å². The maximum Gasteiger partial charge on any atom is 0.242 e. The van der Waals surface area contributed by atoms with Crippen molar-refractivity contribution in [3.63, 3.8) is 0 Å². The third-order valence-corrected chi connectivity index (χ3v) is 4.17. The van der Waals surface area contributed by atoms with E-state index in [0.29, 0.717) is 13.0 Å². The van der Waals surface area contributed by atoms with Crippen molar-refractivity contribution in [2.45, 2.75) is 11.3 Å². The SMILES string of the molecule is Nc1ccccc1S(=O)(=O)NCCc1cccnc1. The average Bonchev–Trinajstić information content (AvgIpc) is 2.40. The number of nitrogen functional groups attached to an aromatic ring is 1. The van der Waals surface area contributed by atoms with Gasteiger partial charge in [0.25, 0.3) is 0 Å². The van der Waals surface area contributed by atoms with Crippen LogP contribution < -0.4 is 10.5 Å². The van der Waals surface area contributed by atoms with Gasteiger partial charge in [-0.15, -0.1) is 0 Å². The molecule has 0 aliphatic heterocycles. The van der Waals surface area contributed by atoms with Gasteiger partial charge in [0, 0.05) is 18.9 Å². The summed E-state index contributed by atoms with van der Waals surface area (Å²) in [6.45, 7) is 0.308. The topological polar surface area (TPSA) is 85.1 Å². The van der Waals surface area contributed by atoms with E-state index in [0.717, 1.165) is 5.56 Å². The molecule has 0 aliphatic rings. The van der Waals surface area contributed by atoms with Crippen LogP contribution in [0.5, 0.6) is 0 Å². The number of nitrogens with zero attached hydrogens (tertiary/aromatic N) is 1. The largest absolute Gasteiger partial charge is 0.398 e. The number of para-hydroxylation sites is 1. The molecule has 0 saturated carbocycles. The molecule has 0 fully saturated rings. The van der Waals surface area contributed by atoms with Crippen molar-refractivity contribution in [3.8, 4) is 0 Å². The van der Waals surface area contributed by atoms with Crippen LogP contribution in [0.1, 0.15) is 5.56 Å². The monoisotopic (exact) mass is 277 g/mol. The number of aromatic nitrogens is 1. The Morgan fingerprint density at radius 1 is 1.16 bits per heavy atom. The third kappa shape index (κ3) is 3.52. The normalized spacial score (nSPS) is 11.4. The Bertz CT molecular complexity index is 642. The van der Waals surface area contributed by atoms with E-state index in [9.17, 15) is 8.42 Å². The first-order valence-corrected chi connectivity index (χ1v) is 7.31. The highest BCUT2D eigenvalue weighted by Gasteiger charge is 2.15. The molecule has 100 valence electrons. The summed E-state index contributed by atoms with van der Waals surface area (Å²) in [7, 11) is -3.56. The Hall–Kier alpha value is -1.92. The lowest BCUT2D eigenvalue weighted by atomic mass is 10.2. The van der Waals surface area contributed by atoms with E-state index in [1.165, 1.54) is 6.07 Å². The van der Waals surface area contributed by atoms with Gasteiger partial charge in [-0.1, -0.05) is 18.2 Å². The zero-order valence-corrected chi connectivity index (χ0v) is 11.1. The van der Waals surface area contributed by atoms with Crippen molar-refractivity contribution in [1.29, 1.82) is 0 Å². The molecule has 0 atom stereocenters. The first kappa shape index (κ1) is 13.5. The molecule has 0 aliphatic carbocycles. The zero-order chi connectivity index (χ0) is 13.7. The number of nitrogens with two attached hydrogens (primary N) is 1. The average molecular weight is 277 g/mol. The predicted octanol–water partition coefficient (Wildman–Crippen LogP) is 1.18. The lowest BCUT2D eigenvalue weighted by Gasteiger charge is -2.08. The molecule has 6 heteroatoms. The number of pyridine rings is 1. The lowest BCUT2D eigenvalue weighted by molar-refractivity contribution is 0.582. The minimum absolute atomic E-state index is 0.112. The van der Waals surface area contributed by atoms with Gasteiger partial charge in [-0.05, 0) is 30.2 Å². The first-order chi connectivity index (χ1) is 9.09. The second-order valence-corrected chi connectivity index (χ2v) is 5.78. The minimum Gasteiger partial charge on any atom is -0.398 e. The van der Waals surface area contributed by atoms with E-state index in [4.69, 9.17) is 5.73 Å². The molecular weight excluding hydrogens is 262 g/mol. The summed E-state index contributed by atoms with van der Waals surface area (Å²) in [5.74, 6) is 0. The van der Waals surface area contributed by atoms with Gasteiger partial charge in [0.05, 0.1) is 5.69 Å². The summed E-state index contributed by atoms with van der Waals surface area (Å²) in [4.78, 5) is 4.09. The fourth-order valence-corrected chi connectivity index (χ4v) is 2.84. The summed E-state index contributed by atoms with van der Waals surface area (Å²) < 4.78 is 26.6. The molecule has 19 heavy (non-hydrogen) atoms. The molecule has 1 heterocycles. The molecule has 2 aromatic rings. The van der Waals surface area contributed by atoms with Crippen LogP contribution in [0.2, 0.25) is 0 Å². The Kier molecular flexibility index (Phi) is 4.13. The van der Waals surface area contributed by atoms with Crippen LogP contribution in [0, 0.1) is 0 Å². The molecule has 0 saturated heterocycles. The van der Waals surface area contributed by atoms with Crippen molar-refractivity contribution in [3.05, 3.63) is 54.4 Å². The van der Waals surface area contributed by atoms with Crippen molar-refractivity contribution >= 4 is 15.7 Å². The summed E-state index contributed by atoms with van der Waals surface area (Å²) >= 11 is 0. The van der Waals surface area contributed by atoms with Crippen LogP contribution in [0.25, 0.3) is 0 Å². The Morgan fingerprint density at radius 3 is 2.63 bits per heavy atom. The lowest BCUT2D eigenvalue weighted by Crippen LogP contribution is -2.26. The molecule has 3 N–H and O–H groups in total. The Morgan fingerprint density at radius 2 is 1.95 bits per heavy atom. The molecular formula is C13H15N3O2S. The smallest absolute Gasteiger partial charge is 0.242 e. The number of sulfonamides is 1. The summed E-state index contributed by atoms with van der Waals surface area (Å²) in [5.41, 5.74) is 6.88. The quantitative estimate of drug-likeness (QED) is 0.804. The second kappa shape index (κ2) is 5.81. The van der Waals surface area contributed by atoms with Crippen molar-refractivity contribution in [1.82, 2.24) is 9.71 Å². The molecule has 1 aromatic heterocycles. The van der Waals surface area contributed by atoms with Gasteiger partial charge in [-0.2, -0.15) is 0 Å². The number of hydrogen-bond acceptors (Lipinski definition) is 4. The van der Waals surface area contributed by atoms with E-state index in [2.05, 4.69) is 9.71 Å². The van der Waals surface area contributed by atoms with E-state index < -0.39 is 10.0 Å². The summed E-state index contributed by atoms with van der Waals surface area (Å²) in [6, 6.07) is 10.1. The van der Waals surface area contributed by atoms with Gasteiger partial charge >= 0.3 is 0 Å². The van der Waals surface area contributed by atoms with Crippen molar-refractivity contribution in [2.75, 3.05) is 12.3 Å². The molecule has 2 rings (SSSR count). The predicted molar refractivity (Wildman–Crippen MR) is 74.0 cm³/mol. The standard InChI is InChI=1S/C13H15N3O2S/c14-12-5-1-2-6-13(12)19(17,18)16-9-7-11-4-3-8-15-10-11/h1-6,8,10,16H,7,9,14H2. The van der Waals surface area contributed by atoms with Crippen LogP contribution >= 0.6 is 0 Å². The van der Waals surface area contributed by atoms with Gasteiger partial charge < -0.3 is 5.73 Å². The highest BCUT2D eigenvalue weighted by Crippen LogP contribution is 2.16. The molecule has 0 amide bonds. The van der Waals surface area contributed by atoms with E-state index >= 15 is 0 Å². The second-order valence-electron chi connectivity index (χ2n) is 4.05. The Labute approximate surface area is 112 Å². The fraction of sp³-hybridized carbons (Fsp3) is 0.154. The van der Waals surface area contributed by atoms with Gasteiger partial charge in [0.1, 0.15) is 4.90 Å². The van der Waals surface area contributed by atoms with Crippen LogP contribution in [-0.2, 0) is 16.4 Å². The maximum absolute atomic E-state index is 12.0. The van der Waals surface area contributed by atoms with E-state index in [1.807, 2.05) is 12.1 Å². The third-order valence-electron chi connectivity index (χ3n) is 2.64. The summed E-state index contributed by atoms with van der Waals surface area (Å²) in [5, 5.41) is 0. The minimum atomic E-state index is -3.56. The van der Waals surface area contributed by atoms with Crippen LogP contribution in [0.15, 0.2) is 53.7 Å². The molecule has 5 nitrogen and oxygen atoms in total. The molecule has 0 unspecified atom stereocenters. The number of anilines is 1. The Balaban J connectivity index is 2.01. The number of rotatable bonds is 5. The van der Waals surface area contributed by atoms with Crippen LogP contribution in [0.3, 0.4) is 0 Å². The van der Waals surface area contributed by atoms with Crippen LogP contribution in [0.4, 0.5) is 5.69 Å². The summed E-state index contributed by atoms with van der Waals surface area (Å²) in [6.07, 6.45) is 3.98. The number of benzene rings is 1. The number of nitrogens with one attached hydrogen (secondary N) is 1. The van der Waals surface area contributed by atoms with E-state index in [-0.39, 0.29) is 10.6 Å². The van der Waals surface area contributed by atoms with Gasteiger partial charge in [0.15, 0.2) is 0 Å². The fourth-order valence-electron chi connectivity index (χ4n) is 1.68. The van der Waals surface area contributed by atoms with Gasteiger partial charge in [0.2, 0.25) is 10.0 Å². The maximum atomic E-state index is 12.0. The zero-order valence-electron chi connectivity index (χ0n) is 10.3. The van der Waals surface area contributed by atoms with Gasteiger partial charge in [-0.25, -0.2) is 13.1 Å². The highest BCUT2D eigenvalue weighted by molar-refractivity contribution is 7.89. The first-order valence-electron chi connectivity index (χ1n) is 5.83. The molecule has 0 spiro atoms. The van der Waals surface area contributed by atoms with Crippen molar-refractivity contribution < 1.29 is 8.42 Å². The molecule has 0 bridgehead atoms. The highest BCUT2D eigenvalue weighted by atomic mass is 32.2.